The molecule has 0 aromatic carbocycles. The van der Waals surface area contributed by atoms with E-state index in [1.807, 2.05) is 18.5 Å². The van der Waals surface area contributed by atoms with E-state index in [2.05, 4.69) is 15.0 Å². The maximum atomic E-state index is 11.9. The highest BCUT2D eigenvalue weighted by molar-refractivity contribution is 6.06. The van der Waals surface area contributed by atoms with Gasteiger partial charge in [-0.15, -0.1) is 0 Å². The molecule has 0 saturated heterocycles. The van der Waals surface area contributed by atoms with E-state index in [4.69, 9.17) is 0 Å². The lowest BCUT2D eigenvalue weighted by atomic mass is 10.2. The maximum absolute atomic E-state index is 11.9. The fourth-order valence-corrected chi connectivity index (χ4v) is 1.45. The van der Waals surface area contributed by atoms with Gasteiger partial charge in [-0.2, -0.15) is 0 Å². The lowest BCUT2D eigenvalue weighted by Gasteiger charge is -1.98. The summed E-state index contributed by atoms with van der Waals surface area (Å²) < 4.78 is 1.91. The molecule has 2 aromatic rings. The number of aryl methyl sites for hydroxylation is 2. The zero-order valence-corrected chi connectivity index (χ0v) is 10.6. The van der Waals surface area contributed by atoms with Gasteiger partial charge in [0.2, 0.25) is 0 Å². The minimum atomic E-state index is -0.117. The molecular weight excluding hydrogens is 228 g/mol. The number of aromatic nitrogens is 4. The average Bonchev–Trinajstić information content (AvgIpc) is 2.68. The minimum Gasteiger partial charge on any atom is -0.332 e. The van der Waals surface area contributed by atoms with E-state index in [0.717, 1.165) is 11.5 Å². The van der Waals surface area contributed by atoms with Crippen molar-refractivity contribution < 1.29 is 4.79 Å². The lowest BCUT2D eigenvalue weighted by Crippen LogP contribution is -1.99. The van der Waals surface area contributed by atoms with Crippen molar-refractivity contribution in [2.24, 2.45) is 7.05 Å². The molecule has 2 rings (SSSR count). The second-order valence-corrected chi connectivity index (χ2v) is 4.01. The summed E-state index contributed by atoms with van der Waals surface area (Å²) in [6.07, 6.45) is 8.03. The Labute approximate surface area is 105 Å². The molecule has 2 heterocycles. The van der Waals surface area contributed by atoms with Crippen LogP contribution < -0.4 is 0 Å². The highest BCUT2D eigenvalue weighted by Crippen LogP contribution is 2.06. The van der Waals surface area contributed by atoms with Crippen LogP contribution in [0.5, 0.6) is 0 Å². The second kappa shape index (κ2) is 4.91. The van der Waals surface area contributed by atoms with Gasteiger partial charge in [-0.05, 0) is 26.0 Å². The quantitative estimate of drug-likeness (QED) is 0.607. The minimum absolute atomic E-state index is 0.117. The van der Waals surface area contributed by atoms with Crippen molar-refractivity contribution in [2.75, 3.05) is 0 Å². The Hall–Kier alpha value is -2.30. The molecule has 0 N–H and O–H groups in total. The fraction of sp³-hybridized carbons (Fsp3) is 0.231. The molecule has 0 fully saturated rings. The Morgan fingerprint density at radius 3 is 2.39 bits per heavy atom. The van der Waals surface area contributed by atoms with Crippen molar-refractivity contribution in [3.8, 4) is 0 Å². The van der Waals surface area contributed by atoms with E-state index in [1.54, 1.807) is 19.2 Å². The van der Waals surface area contributed by atoms with Crippen LogP contribution in [0, 0.1) is 13.8 Å². The van der Waals surface area contributed by atoms with E-state index in [1.165, 1.54) is 18.5 Å². The molecule has 0 bridgehead atoms. The monoisotopic (exact) mass is 242 g/mol. The van der Waals surface area contributed by atoms with Crippen molar-refractivity contribution in [1.29, 1.82) is 0 Å². The normalized spacial score (nSPS) is 11.1. The Balaban J connectivity index is 2.16. The smallest absolute Gasteiger partial charge is 0.189 e. The van der Waals surface area contributed by atoms with E-state index < -0.39 is 0 Å². The third-order valence-corrected chi connectivity index (χ3v) is 2.73. The fourth-order valence-electron chi connectivity index (χ4n) is 1.45. The number of nitrogens with zero attached hydrogens (tertiary/aromatic N) is 4. The van der Waals surface area contributed by atoms with Gasteiger partial charge in [-0.1, -0.05) is 0 Å². The Morgan fingerprint density at radius 2 is 1.83 bits per heavy atom. The topological polar surface area (TPSA) is 60.7 Å². The first kappa shape index (κ1) is 12.2. The molecule has 0 aliphatic rings. The summed E-state index contributed by atoms with van der Waals surface area (Å²) >= 11 is 0. The van der Waals surface area contributed by atoms with Crippen LogP contribution >= 0.6 is 0 Å². The van der Waals surface area contributed by atoms with Crippen LogP contribution in [-0.2, 0) is 7.05 Å². The highest BCUT2D eigenvalue weighted by atomic mass is 16.1. The molecule has 0 aliphatic heterocycles. The molecule has 0 spiro atoms. The number of allylic oxidation sites excluding steroid dienone is 1. The van der Waals surface area contributed by atoms with Crippen LogP contribution in [0.4, 0.5) is 0 Å². The van der Waals surface area contributed by atoms with Crippen LogP contribution in [0.1, 0.15) is 27.7 Å². The SMILES string of the molecule is Cc1ncc(C(=O)/C=C/c2cnc(C)n2C)cn1. The largest absolute Gasteiger partial charge is 0.332 e. The van der Waals surface area contributed by atoms with Crippen molar-refractivity contribution >= 4 is 11.9 Å². The summed E-state index contributed by atoms with van der Waals surface area (Å²) in [4.78, 5) is 24.0. The zero-order valence-electron chi connectivity index (χ0n) is 10.6. The maximum Gasteiger partial charge on any atom is 0.189 e. The number of carbonyl (C=O) groups excluding carboxylic acids is 1. The van der Waals surface area contributed by atoms with Crippen molar-refractivity contribution in [3.63, 3.8) is 0 Å². The second-order valence-electron chi connectivity index (χ2n) is 4.01. The van der Waals surface area contributed by atoms with Gasteiger partial charge in [-0.3, -0.25) is 4.79 Å². The summed E-state index contributed by atoms with van der Waals surface area (Å²) in [5.41, 5.74) is 1.37. The number of carbonyl (C=O) groups is 1. The lowest BCUT2D eigenvalue weighted by molar-refractivity contribution is 0.104. The van der Waals surface area contributed by atoms with Crippen LogP contribution in [0.15, 0.2) is 24.7 Å². The first-order chi connectivity index (χ1) is 8.58. The molecule has 0 amide bonds. The Kier molecular flexibility index (Phi) is 3.32. The molecule has 5 nitrogen and oxygen atoms in total. The molecule has 0 unspecified atom stereocenters. The summed E-state index contributed by atoms with van der Waals surface area (Å²) in [7, 11) is 1.90. The van der Waals surface area contributed by atoms with Crippen molar-refractivity contribution in [1.82, 2.24) is 19.5 Å². The first-order valence-corrected chi connectivity index (χ1v) is 5.57. The van der Waals surface area contributed by atoms with Gasteiger partial charge < -0.3 is 4.57 Å². The van der Waals surface area contributed by atoms with Gasteiger partial charge in [0.05, 0.1) is 17.5 Å². The van der Waals surface area contributed by atoms with E-state index in [-0.39, 0.29) is 5.78 Å². The Morgan fingerprint density at radius 1 is 1.17 bits per heavy atom. The number of rotatable bonds is 3. The zero-order chi connectivity index (χ0) is 13.1. The molecule has 0 radical (unpaired) electrons. The van der Waals surface area contributed by atoms with Gasteiger partial charge in [-0.25, -0.2) is 15.0 Å². The van der Waals surface area contributed by atoms with Gasteiger partial charge >= 0.3 is 0 Å². The summed E-state index contributed by atoms with van der Waals surface area (Å²) in [5, 5.41) is 0. The number of hydrogen-bond acceptors (Lipinski definition) is 4. The van der Waals surface area contributed by atoms with Crippen LogP contribution in [0.2, 0.25) is 0 Å². The molecule has 0 atom stereocenters. The number of hydrogen-bond donors (Lipinski definition) is 0. The number of imidazole rings is 1. The van der Waals surface area contributed by atoms with Crippen LogP contribution in [0.3, 0.4) is 0 Å². The van der Waals surface area contributed by atoms with Crippen LogP contribution in [-0.4, -0.2) is 25.3 Å². The predicted octanol–water partition coefficient (Wildman–Crippen LogP) is 1.72. The van der Waals surface area contributed by atoms with Gasteiger partial charge in [0.1, 0.15) is 11.6 Å². The molecule has 0 aliphatic carbocycles. The molecular formula is C13H14N4O. The first-order valence-electron chi connectivity index (χ1n) is 5.57. The summed E-state index contributed by atoms with van der Waals surface area (Å²) in [6.45, 7) is 3.69. The summed E-state index contributed by atoms with van der Waals surface area (Å²) in [5.74, 6) is 1.44. The number of ketones is 1. The third kappa shape index (κ3) is 2.51. The van der Waals surface area contributed by atoms with Crippen molar-refractivity contribution in [2.45, 2.75) is 13.8 Å². The summed E-state index contributed by atoms with van der Waals surface area (Å²) in [6, 6.07) is 0. The molecule has 18 heavy (non-hydrogen) atoms. The Bertz CT molecular complexity index is 596. The molecule has 5 heteroatoms. The van der Waals surface area contributed by atoms with E-state index in [9.17, 15) is 4.79 Å². The van der Waals surface area contributed by atoms with Gasteiger partial charge in [0, 0.05) is 19.4 Å². The standard InChI is InChI=1S/C13H14N4O/c1-9-14-6-11(7-15-9)13(18)5-4-12-8-16-10(2)17(12)3/h4-8H,1-3H3/b5-4+. The van der Waals surface area contributed by atoms with E-state index >= 15 is 0 Å². The van der Waals surface area contributed by atoms with Gasteiger partial charge in [0.15, 0.2) is 5.78 Å². The molecule has 0 saturated carbocycles. The van der Waals surface area contributed by atoms with Gasteiger partial charge in [0.25, 0.3) is 0 Å². The highest BCUT2D eigenvalue weighted by Gasteiger charge is 2.04. The third-order valence-electron chi connectivity index (χ3n) is 2.73. The average molecular weight is 242 g/mol. The molecule has 2 aromatic heterocycles. The van der Waals surface area contributed by atoms with Crippen molar-refractivity contribution in [3.05, 3.63) is 47.6 Å². The molecule has 92 valence electrons. The van der Waals surface area contributed by atoms with Crippen LogP contribution in [0.25, 0.3) is 6.08 Å². The predicted molar refractivity (Wildman–Crippen MR) is 68.1 cm³/mol. The van der Waals surface area contributed by atoms with E-state index in [0.29, 0.717) is 11.4 Å².